The first-order chi connectivity index (χ1) is 16.8. The molecule has 2 aromatic rings. The summed E-state index contributed by atoms with van der Waals surface area (Å²) in [5, 5.41) is 10.5. The van der Waals surface area contributed by atoms with Gasteiger partial charge < -0.3 is 15.5 Å². The maximum atomic E-state index is 13.5. The second kappa shape index (κ2) is 10.6. The Hall–Kier alpha value is -3.16. The van der Waals surface area contributed by atoms with Crippen LogP contribution < -0.4 is 10.6 Å². The van der Waals surface area contributed by atoms with E-state index in [-0.39, 0.29) is 36.0 Å². The number of aromatic nitrogens is 2. The van der Waals surface area contributed by atoms with Gasteiger partial charge >= 0.3 is 0 Å². The fourth-order valence-corrected chi connectivity index (χ4v) is 5.00. The third-order valence-corrected chi connectivity index (χ3v) is 7.26. The second-order valence-corrected chi connectivity index (χ2v) is 10.1. The molecule has 188 valence electrons. The number of unbranched alkanes of at least 4 members (excludes halogenated alkanes) is 1. The third kappa shape index (κ3) is 5.41. The molecule has 8 nitrogen and oxygen atoms in total. The Morgan fingerprint density at radius 2 is 1.89 bits per heavy atom. The summed E-state index contributed by atoms with van der Waals surface area (Å²) >= 11 is 0. The molecule has 35 heavy (non-hydrogen) atoms. The van der Waals surface area contributed by atoms with E-state index in [4.69, 9.17) is 0 Å². The maximum absolute atomic E-state index is 13.5. The van der Waals surface area contributed by atoms with E-state index < -0.39 is 5.54 Å². The zero-order chi connectivity index (χ0) is 25.0. The van der Waals surface area contributed by atoms with Crippen LogP contribution in [0.3, 0.4) is 0 Å². The predicted octanol–water partition coefficient (Wildman–Crippen LogP) is 3.24. The molecule has 0 saturated heterocycles. The molecule has 0 bridgehead atoms. The van der Waals surface area contributed by atoms with Crippen LogP contribution in [-0.4, -0.2) is 57.1 Å². The van der Waals surface area contributed by atoms with Crippen LogP contribution in [0.1, 0.15) is 84.5 Å². The lowest BCUT2D eigenvalue weighted by Crippen LogP contribution is -2.65. The van der Waals surface area contributed by atoms with Crippen molar-refractivity contribution in [3.63, 3.8) is 0 Å². The predicted molar refractivity (Wildman–Crippen MR) is 134 cm³/mol. The molecule has 1 aromatic heterocycles. The van der Waals surface area contributed by atoms with Crippen molar-refractivity contribution in [1.29, 1.82) is 0 Å². The minimum Gasteiger partial charge on any atom is -0.351 e. The number of aryl methyl sites for hydroxylation is 1. The minimum absolute atomic E-state index is 0.140. The Balaban J connectivity index is 1.48. The van der Waals surface area contributed by atoms with Gasteiger partial charge in [0, 0.05) is 25.2 Å². The van der Waals surface area contributed by atoms with Crippen molar-refractivity contribution in [2.24, 2.45) is 0 Å². The van der Waals surface area contributed by atoms with Gasteiger partial charge in [0.15, 0.2) is 5.69 Å². The van der Waals surface area contributed by atoms with Crippen molar-refractivity contribution in [2.45, 2.75) is 83.8 Å². The fourth-order valence-electron chi connectivity index (χ4n) is 5.00. The van der Waals surface area contributed by atoms with Crippen molar-refractivity contribution in [3.05, 3.63) is 52.8 Å². The van der Waals surface area contributed by atoms with Gasteiger partial charge in [0.1, 0.15) is 11.2 Å². The highest BCUT2D eigenvalue weighted by molar-refractivity contribution is 6.01. The highest BCUT2D eigenvalue weighted by atomic mass is 16.2. The van der Waals surface area contributed by atoms with Gasteiger partial charge in [0.05, 0.1) is 6.54 Å². The SMILES string of the molecule is CCCCN1C(=O)c2cc(C(=O)NCCc3ccc(C)cc3)nn2CC1(C)C(=O)NC1CCCC1. The van der Waals surface area contributed by atoms with Crippen LogP contribution >= 0.6 is 0 Å². The normalized spacial score (nSPS) is 20.1. The zero-order valence-corrected chi connectivity index (χ0v) is 21.1. The summed E-state index contributed by atoms with van der Waals surface area (Å²) in [5.41, 5.74) is 1.85. The number of carbonyl (C=O) groups is 3. The number of hydrogen-bond donors (Lipinski definition) is 2. The highest BCUT2D eigenvalue weighted by Crippen LogP contribution is 2.29. The number of benzene rings is 1. The number of nitrogens with one attached hydrogen (secondary N) is 2. The van der Waals surface area contributed by atoms with Crippen LogP contribution in [0.5, 0.6) is 0 Å². The highest BCUT2D eigenvalue weighted by Gasteiger charge is 2.48. The molecule has 8 heteroatoms. The van der Waals surface area contributed by atoms with Crippen LogP contribution in [0.25, 0.3) is 0 Å². The molecule has 2 N–H and O–H groups in total. The molecule has 0 spiro atoms. The average molecular weight is 480 g/mol. The number of carbonyl (C=O) groups excluding carboxylic acids is 3. The molecule has 3 amide bonds. The van der Waals surface area contributed by atoms with Gasteiger partial charge in [-0.25, -0.2) is 0 Å². The van der Waals surface area contributed by atoms with Crippen molar-refractivity contribution in [1.82, 2.24) is 25.3 Å². The van der Waals surface area contributed by atoms with Crippen LogP contribution in [-0.2, 0) is 17.8 Å². The van der Waals surface area contributed by atoms with E-state index in [2.05, 4.69) is 46.9 Å². The first-order valence-electron chi connectivity index (χ1n) is 12.9. The maximum Gasteiger partial charge on any atom is 0.273 e. The van der Waals surface area contributed by atoms with Crippen LogP contribution in [0, 0.1) is 6.92 Å². The standard InChI is InChI=1S/C27H37N5O3/c1-4-5-16-31-25(34)23-17-22(24(33)28-15-14-20-12-10-19(2)11-13-20)30-32(23)18-27(31,3)26(35)29-21-8-6-7-9-21/h10-13,17,21H,4-9,14-16,18H2,1-3H3,(H,28,33)(H,29,35). The molecule has 4 rings (SSSR count). The molecule has 1 atom stereocenters. The first kappa shape index (κ1) is 24.9. The minimum atomic E-state index is -1.05. The fraction of sp³-hybridized carbons (Fsp3) is 0.556. The summed E-state index contributed by atoms with van der Waals surface area (Å²) < 4.78 is 1.54. The van der Waals surface area contributed by atoms with Gasteiger partial charge in [-0.15, -0.1) is 0 Å². The number of rotatable bonds is 9. The molecule has 1 aliphatic carbocycles. The largest absolute Gasteiger partial charge is 0.351 e. The monoisotopic (exact) mass is 479 g/mol. The summed E-state index contributed by atoms with van der Waals surface area (Å²) in [6, 6.07) is 9.93. The summed E-state index contributed by atoms with van der Waals surface area (Å²) in [6.45, 7) is 7.12. The molecule has 1 aliphatic heterocycles. The number of fused-ring (bicyclic) bond motifs is 1. The van der Waals surface area contributed by atoms with Gasteiger partial charge in [0.2, 0.25) is 5.91 Å². The van der Waals surface area contributed by atoms with Crippen molar-refractivity contribution in [3.8, 4) is 0 Å². The lowest BCUT2D eigenvalue weighted by molar-refractivity contribution is -0.133. The molecule has 1 unspecified atom stereocenters. The van der Waals surface area contributed by atoms with Gasteiger partial charge in [-0.3, -0.25) is 19.1 Å². The first-order valence-corrected chi connectivity index (χ1v) is 12.9. The molecule has 1 fully saturated rings. The Kier molecular flexibility index (Phi) is 7.57. The Morgan fingerprint density at radius 3 is 2.57 bits per heavy atom. The molecule has 1 saturated carbocycles. The van der Waals surface area contributed by atoms with Crippen LogP contribution in [0.2, 0.25) is 0 Å². The van der Waals surface area contributed by atoms with Crippen molar-refractivity contribution in [2.75, 3.05) is 13.1 Å². The van der Waals surface area contributed by atoms with Gasteiger partial charge in [-0.1, -0.05) is 56.0 Å². The quantitative estimate of drug-likeness (QED) is 0.577. The Labute approximate surface area is 207 Å². The molecular weight excluding hydrogens is 442 g/mol. The number of hydrogen-bond acceptors (Lipinski definition) is 4. The van der Waals surface area contributed by atoms with Crippen LogP contribution in [0.15, 0.2) is 30.3 Å². The van der Waals surface area contributed by atoms with Gasteiger partial charge in [0.25, 0.3) is 11.8 Å². The number of amides is 3. The third-order valence-electron chi connectivity index (χ3n) is 7.26. The van der Waals surface area contributed by atoms with E-state index in [1.54, 1.807) is 11.0 Å². The van der Waals surface area contributed by atoms with Gasteiger partial charge in [-0.2, -0.15) is 5.10 Å². The van der Waals surface area contributed by atoms with E-state index in [9.17, 15) is 14.4 Å². The Morgan fingerprint density at radius 1 is 1.17 bits per heavy atom. The molecule has 0 radical (unpaired) electrons. The summed E-state index contributed by atoms with van der Waals surface area (Å²) in [6.07, 6.45) is 6.62. The van der Waals surface area contributed by atoms with Crippen molar-refractivity contribution < 1.29 is 14.4 Å². The van der Waals surface area contributed by atoms with E-state index >= 15 is 0 Å². The summed E-state index contributed by atoms with van der Waals surface area (Å²) in [4.78, 5) is 41.4. The van der Waals surface area contributed by atoms with Gasteiger partial charge in [-0.05, 0) is 45.1 Å². The van der Waals surface area contributed by atoms with E-state index in [1.807, 2.05) is 13.8 Å². The second-order valence-electron chi connectivity index (χ2n) is 10.1. The lowest BCUT2D eigenvalue weighted by Gasteiger charge is -2.43. The molecule has 2 heterocycles. The molecule has 1 aromatic carbocycles. The van der Waals surface area contributed by atoms with E-state index in [1.165, 1.54) is 10.2 Å². The summed E-state index contributed by atoms with van der Waals surface area (Å²) in [5.74, 6) is -0.705. The van der Waals surface area contributed by atoms with E-state index in [0.29, 0.717) is 25.2 Å². The Bertz CT molecular complexity index is 1070. The number of nitrogens with zero attached hydrogens (tertiary/aromatic N) is 3. The van der Waals surface area contributed by atoms with E-state index in [0.717, 1.165) is 44.1 Å². The van der Waals surface area contributed by atoms with Crippen LogP contribution in [0.4, 0.5) is 0 Å². The smallest absolute Gasteiger partial charge is 0.273 e. The molecule has 2 aliphatic rings. The molecular formula is C27H37N5O3. The lowest BCUT2D eigenvalue weighted by atomic mass is 9.94. The summed E-state index contributed by atoms with van der Waals surface area (Å²) in [7, 11) is 0. The topological polar surface area (TPSA) is 96.3 Å². The van der Waals surface area contributed by atoms with Crippen molar-refractivity contribution >= 4 is 17.7 Å². The average Bonchev–Trinajstić information content (AvgIpc) is 3.50. The zero-order valence-electron chi connectivity index (χ0n) is 21.1.